The summed E-state index contributed by atoms with van der Waals surface area (Å²) in [5.41, 5.74) is 0.166. The summed E-state index contributed by atoms with van der Waals surface area (Å²) in [7, 11) is 0. The van der Waals surface area contributed by atoms with E-state index in [1.165, 1.54) is 0 Å². The summed E-state index contributed by atoms with van der Waals surface area (Å²) in [6.45, 7) is 3.83. The van der Waals surface area contributed by atoms with Crippen LogP contribution in [0.3, 0.4) is 0 Å². The Morgan fingerprint density at radius 2 is 2.05 bits per heavy atom. The number of phenols is 1. The van der Waals surface area contributed by atoms with E-state index < -0.39 is 11.4 Å². The number of aliphatic carboxylic acids is 1. The van der Waals surface area contributed by atoms with Gasteiger partial charge in [0, 0.05) is 17.1 Å². The molecule has 19 heavy (non-hydrogen) atoms. The van der Waals surface area contributed by atoms with Crippen molar-refractivity contribution in [3.8, 4) is 5.75 Å². The number of aromatic hydroxyl groups is 1. The van der Waals surface area contributed by atoms with Crippen molar-refractivity contribution in [2.45, 2.75) is 26.3 Å². The molecular formula is C14H18ClNO3. The second-order valence-corrected chi connectivity index (χ2v) is 5.85. The lowest BCUT2D eigenvalue weighted by Crippen LogP contribution is -2.42. The van der Waals surface area contributed by atoms with Crippen LogP contribution in [0.1, 0.15) is 25.3 Å². The fourth-order valence-electron chi connectivity index (χ4n) is 2.34. The first-order valence-corrected chi connectivity index (χ1v) is 6.72. The van der Waals surface area contributed by atoms with E-state index in [1.54, 1.807) is 25.1 Å². The van der Waals surface area contributed by atoms with Gasteiger partial charge in [0.2, 0.25) is 0 Å². The minimum Gasteiger partial charge on any atom is -0.508 e. The van der Waals surface area contributed by atoms with Crippen molar-refractivity contribution in [2.75, 3.05) is 13.1 Å². The van der Waals surface area contributed by atoms with Gasteiger partial charge in [0.15, 0.2) is 0 Å². The Bertz CT molecular complexity index is 482. The quantitative estimate of drug-likeness (QED) is 0.895. The number of benzene rings is 1. The van der Waals surface area contributed by atoms with E-state index in [-0.39, 0.29) is 5.75 Å². The van der Waals surface area contributed by atoms with Gasteiger partial charge >= 0.3 is 5.97 Å². The number of carboxylic acids is 1. The molecule has 0 aliphatic carbocycles. The molecule has 0 unspecified atom stereocenters. The van der Waals surface area contributed by atoms with Crippen LogP contribution < -0.4 is 0 Å². The molecule has 2 N–H and O–H groups in total. The fourth-order valence-corrected chi connectivity index (χ4v) is 2.53. The normalized spacial score (nSPS) is 19.3. The zero-order valence-corrected chi connectivity index (χ0v) is 11.7. The van der Waals surface area contributed by atoms with Gasteiger partial charge in [0.1, 0.15) is 5.75 Å². The van der Waals surface area contributed by atoms with Crippen LogP contribution in [0.2, 0.25) is 5.02 Å². The van der Waals surface area contributed by atoms with Crippen LogP contribution >= 0.6 is 11.6 Å². The number of rotatable bonds is 3. The highest BCUT2D eigenvalue weighted by molar-refractivity contribution is 6.30. The van der Waals surface area contributed by atoms with Crippen molar-refractivity contribution in [1.29, 1.82) is 0 Å². The molecule has 0 atom stereocenters. The van der Waals surface area contributed by atoms with Crippen LogP contribution in [0.15, 0.2) is 18.2 Å². The van der Waals surface area contributed by atoms with Crippen molar-refractivity contribution in [3.63, 3.8) is 0 Å². The minimum absolute atomic E-state index is 0.232. The minimum atomic E-state index is -0.724. The number of carbonyl (C=O) groups is 1. The molecule has 0 radical (unpaired) electrons. The number of likely N-dealkylation sites (tertiary alicyclic amines) is 1. The third-order valence-corrected chi connectivity index (χ3v) is 4.15. The molecule has 1 aliphatic heterocycles. The molecular weight excluding hydrogens is 266 g/mol. The molecule has 4 nitrogen and oxygen atoms in total. The molecule has 2 rings (SSSR count). The van der Waals surface area contributed by atoms with Crippen LogP contribution in [0.25, 0.3) is 0 Å². The number of hydrogen-bond acceptors (Lipinski definition) is 3. The van der Waals surface area contributed by atoms with Gasteiger partial charge in [0.05, 0.1) is 5.41 Å². The first kappa shape index (κ1) is 14.2. The Morgan fingerprint density at radius 1 is 1.42 bits per heavy atom. The molecule has 0 bridgehead atoms. The molecule has 1 aliphatic rings. The molecule has 1 heterocycles. The van der Waals surface area contributed by atoms with Crippen LogP contribution in [0.4, 0.5) is 0 Å². The number of piperidine rings is 1. The Balaban J connectivity index is 1.99. The van der Waals surface area contributed by atoms with E-state index in [0.717, 1.165) is 18.7 Å². The summed E-state index contributed by atoms with van der Waals surface area (Å²) in [4.78, 5) is 13.3. The van der Waals surface area contributed by atoms with Gasteiger partial charge in [-0.1, -0.05) is 11.6 Å². The predicted octanol–water partition coefficient (Wildman–Crippen LogP) is 2.73. The van der Waals surface area contributed by atoms with Gasteiger partial charge in [-0.25, -0.2) is 0 Å². The molecule has 0 aromatic heterocycles. The van der Waals surface area contributed by atoms with Crippen molar-refractivity contribution in [1.82, 2.24) is 4.90 Å². The first-order valence-electron chi connectivity index (χ1n) is 6.34. The van der Waals surface area contributed by atoms with Gasteiger partial charge < -0.3 is 10.2 Å². The monoisotopic (exact) mass is 283 g/mol. The second kappa shape index (κ2) is 5.39. The highest BCUT2D eigenvalue weighted by Gasteiger charge is 2.36. The number of nitrogens with zero attached hydrogens (tertiary/aromatic N) is 1. The maximum atomic E-state index is 11.2. The van der Waals surface area contributed by atoms with E-state index >= 15 is 0 Å². The topological polar surface area (TPSA) is 60.8 Å². The van der Waals surface area contributed by atoms with E-state index in [1.807, 2.05) is 0 Å². The molecule has 104 valence electrons. The zero-order valence-electron chi connectivity index (χ0n) is 10.9. The molecule has 0 spiro atoms. The van der Waals surface area contributed by atoms with Crippen molar-refractivity contribution < 1.29 is 15.0 Å². The molecule has 1 aromatic rings. The van der Waals surface area contributed by atoms with Gasteiger partial charge in [-0.3, -0.25) is 9.69 Å². The Kier molecular flexibility index (Phi) is 4.02. The summed E-state index contributed by atoms with van der Waals surface area (Å²) < 4.78 is 0. The standard InChI is InChI=1S/C14H18ClNO3/c1-14(13(18)19)4-6-16(7-5-14)9-10-8-11(15)2-3-12(10)17/h2-3,8,17H,4-7,9H2,1H3,(H,18,19). The number of hydrogen-bond donors (Lipinski definition) is 2. The summed E-state index contributed by atoms with van der Waals surface area (Å²) in [5.74, 6) is -0.492. The number of phenolic OH excluding ortho intramolecular Hbond substituents is 1. The van der Waals surface area contributed by atoms with Crippen LogP contribution in [0.5, 0.6) is 5.75 Å². The average Bonchev–Trinajstić information content (AvgIpc) is 2.36. The van der Waals surface area contributed by atoms with E-state index in [9.17, 15) is 15.0 Å². The molecule has 0 amide bonds. The number of halogens is 1. The molecule has 1 fully saturated rings. The molecule has 1 aromatic carbocycles. The fraction of sp³-hybridized carbons (Fsp3) is 0.500. The van der Waals surface area contributed by atoms with Gasteiger partial charge in [-0.05, 0) is 51.1 Å². The van der Waals surface area contributed by atoms with Crippen LogP contribution in [-0.4, -0.2) is 34.2 Å². The SMILES string of the molecule is CC1(C(=O)O)CCN(Cc2cc(Cl)ccc2O)CC1. The van der Waals surface area contributed by atoms with Crippen molar-refractivity contribution in [2.24, 2.45) is 5.41 Å². The average molecular weight is 284 g/mol. The van der Waals surface area contributed by atoms with E-state index in [0.29, 0.717) is 24.4 Å². The Labute approximate surface area is 117 Å². The van der Waals surface area contributed by atoms with Gasteiger partial charge in [-0.15, -0.1) is 0 Å². The Hall–Kier alpha value is -1.26. The zero-order chi connectivity index (χ0) is 14.0. The lowest BCUT2D eigenvalue weighted by molar-refractivity contribution is -0.150. The van der Waals surface area contributed by atoms with E-state index in [4.69, 9.17) is 11.6 Å². The summed E-state index contributed by atoms with van der Waals surface area (Å²) in [5, 5.41) is 19.6. The van der Waals surface area contributed by atoms with Gasteiger partial charge in [-0.2, -0.15) is 0 Å². The van der Waals surface area contributed by atoms with Gasteiger partial charge in [0.25, 0.3) is 0 Å². The van der Waals surface area contributed by atoms with Crippen LogP contribution in [-0.2, 0) is 11.3 Å². The first-order chi connectivity index (χ1) is 8.90. The lowest BCUT2D eigenvalue weighted by Gasteiger charge is -2.36. The summed E-state index contributed by atoms with van der Waals surface area (Å²) >= 11 is 5.91. The van der Waals surface area contributed by atoms with Crippen LogP contribution in [0, 0.1) is 5.41 Å². The van der Waals surface area contributed by atoms with Crippen molar-refractivity contribution in [3.05, 3.63) is 28.8 Å². The Morgan fingerprint density at radius 3 is 2.63 bits per heavy atom. The lowest BCUT2D eigenvalue weighted by atomic mass is 9.80. The molecule has 0 saturated carbocycles. The highest BCUT2D eigenvalue weighted by Crippen LogP contribution is 2.32. The molecule has 5 heteroatoms. The predicted molar refractivity (Wildman–Crippen MR) is 73.4 cm³/mol. The number of carboxylic acid groups (broad SMARTS) is 1. The molecule has 1 saturated heterocycles. The van der Waals surface area contributed by atoms with Crippen molar-refractivity contribution >= 4 is 17.6 Å². The highest BCUT2D eigenvalue weighted by atomic mass is 35.5. The largest absolute Gasteiger partial charge is 0.508 e. The van der Waals surface area contributed by atoms with E-state index in [2.05, 4.69) is 4.90 Å². The maximum Gasteiger partial charge on any atom is 0.309 e. The summed E-state index contributed by atoms with van der Waals surface area (Å²) in [6.07, 6.45) is 1.26. The third kappa shape index (κ3) is 3.19. The smallest absolute Gasteiger partial charge is 0.309 e. The third-order valence-electron chi connectivity index (χ3n) is 3.91. The summed E-state index contributed by atoms with van der Waals surface area (Å²) in [6, 6.07) is 4.99. The second-order valence-electron chi connectivity index (χ2n) is 5.41. The maximum absolute atomic E-state index is 11.2.